The maximum Gasteiger partial charge on any atom is 0.142 e. The quantitative estimate of drug-likeness (QED) is 0.840. The second-order valence-electron chi connectivity index (χ2n) is 5.78. The molecule has 3 atom stereocenters. The van der Waals surface area contributed by atoms with Gasteiger partial charge >= 0.3 is 0 Å². The highest BCUT2D eigenvalue weighted by molar-refractivity contribution is 6.30. The standard InChI is InChI=1S/C16H23ClFNO/c1-4-8-19-14-10-15(16(14,3)5-2)20-11-6-7-13(18)12(17)9-11/h6-7,9,14-15,19H,4-5,8,10H2,1-3H3. The number of nitrogens with one attached hydrogen (secondary N) is 1. The van der Waals surface area contributed by atoms with Gasteiger partial charge in [-0.3, -0.25) is 0 Å². The first-order valence-electron chi connectivity index (χ1n) is 7.36. The minimum atomic E-state index is -0.409. The largest absolute Gasteiger partial charge is 0.490 e. The maximum absolute atomic E-state index is 13.2. The third-order valence-electron chi connectivity index (χ3n) is 4.55. The van der Waals surface area contributed by atoms with Crippen LogP contribution in [0.5, 0.6) is 5.75 Å². The topological polar surface area (TPSA) is 21.3 Å². The lowest BCUT2D eigenvalue weighted by Crippen LogP contribution is -2.63. The molecule has 4 heteroatoms. The van der Waals surface area contributed by atoms with Gasteiger partial charge in [-0.05, 0) is 31.5 Å². The zero-order valence-electron chi connectivity index (χ0n) is 12.4. The summed E-state index contributed by atoms with van der Waals surface area (Å²) in [6.45, 7) is 7.65. The molecule has 0 saturated heterocycles. The van der Waals surface area contributed by atoms with E-state index in [9.17, 15) is 4.39 Å². The third kappa shape index (κ3) is 2.94. The van der Waals surface area contributed by atoms with Crippen molar-refractivity contribution in [2.24, 2.45) is 5.41 Å². The van der Waals surface area contributed by atoms with Gasteiger partial charge in [0.05, 0.1) is 5.02 Å². The molecule has 1 saturated carbocycles. The Morgan fingerprint density at radius 1 is 1.45 bits per heavy atom. The van der Waals surface area contributed by atoms with E-state index in [2.05, 4.69) is 26.1 Å². The Labute approximate surface area is 125 Å². The number of hydrogen-bond acceptors (Lipinski definition) is 2. The lowest BCUT2D eigenvalue weighted by atomic mass is 9.61. The summed E-state index contributed by atoms with van der Waals surface area (Å²) in [5, 5.41) is 3.69. The molecule has 1 N–H and O–H groups in total. The summed E-state index contributed by atoms with van der Waals surface area (Å²) >= 11 is 5.79. The van der Waals surface area contributed by atoms with E-state index in [1.807, 2.05) is 0 Å². The van der Waals surface area contributed by atoms with Crippen LogP contribution in [0.4, 0.5) is 4.39 Å². The average molecular weight is 300 g/mol. The lowest BCUT2D eigenvalue weighted by molar-refractivity contribution is -0.0701. The molecule has 20 heavy (non-hydrogen) atoms. The summed E-state index contributed by atoms with van der Waals surface area (Å²) in [5.41, 5.74) is 0.121. The van der Waals surface area contributed by atoms with Crippen LogP contribution in [-0.4, -0.2) is 18.7 Å². The molecule has 1 aliphatic carbocycles. The first-order valence-corrected chi connectivity index (χ1v) is 7.74. The van der Waals surface area contributed by atoms with E-state index in [0.717, 1.165) is 25.8 Å². The van der Waals surface area contributed by atoms with Crippen LogP contribution in [0.3, 0.4) is 0 Å². The molecular weight excluding hydrogens is 277 g/mol. The molecule has 1 aliphatic rings. The molecule has 2 rings (SSSR count). The molecule has 0 bridgehead atoms. The van der Waals surface area contributed by atoms with Crippen molar-refractivity contribution in [1.82, 2.24) is 5.32 Å². The number of rotatable bonds is 6. The number of benzene rings is 1. The molecule has 0 aliphatic heterocycles. The first kappa shape index (κ1) is 15.6. The van der Waals surface area contributed by atoms with Crippen LogP contribution < -0.4 is 10.1 Å². The molecular formula is C16H23ClFNO. The molecule has 1 aromatic rings. The Hall–Kier alpha value is -0.800. The van der Waals surface area contributed by atoms with Crippen molar-refractivity contribution in [3.05, 3.63) is 29.0 Å². The van der Waals surface area contributed by atoms with Gasteiger partial charge in [0.15, 0.2) is 0 Å². The predicted molar refractivity (Wildman–Crippen MR) is 80.9 cm³/mol. The second-order valence-corrected chi connectivity index (χ2v) is 6.19. The number of hydrogen-bond donors (Lipinski definition) is 1. The molecule has 112 valence electrons. The lowest BCUT2D eigenvalue weighted by Gasteiger charge is -2.53. The van der Waals surface area contributed by atoms with Crippen LogP contribution in [0.25, 0.3) is 0 Å². The van der Waals surface area contributed by atoms with Gasteiger partial charge in [0.2, 0.25) is 0 Å². The van der Waals surface area contributed by atoms with Gasteiger partial charge in [0.1, 0.15) is 17.7 Å². The molecule has 0 amide bonds. The minimum absolute atomic E-state index is 0.112. The Balaban J connectivity index is 2.01. The molecule has 3 unspecified atom stereocenters. The summed E-state index contributed by atoms with van der Waals surface area (Å²) in [6.07, 6.45) is 3.33. The predicted octanol–water partition coefficient (Wildman–Crippen LogP) is 4.41. The smallest absolute Gasteiger partial charge is 0.142 e. The Bertz CT molecular complexity index is 468. The average Bonchev–Trinajstić information content (AvgIpc) is 2.44. The van der Waals surface area contributed by atoms with E-state index >= 15 is 0 Å². The SMILES string of the molecule is CCCNC1CC(Oc2ccc(F)c(Cl)c2)C1(C)CC. The molecule has 1 fully saturated rings. The fourth-order valence-corrected chi connectivity index (χ4v) is 2.99. The van der Waals surface area contributed by atoms with E-state index in [-0.39, 0.29) is 16.5 Å². The van der Waals surface area contributed by atoms with Gasteiger partial charge < -0.3 is 10.1 Å². The second kappa shape index (κ2) is 6.31. The van der Waals surface area contributed by atoms with E-state index in [1.54, 1.807) is 12.1 Å². The number of halogens is 2. The monoisotopic (exact) mass is 299 g/mol. The normalized spacial score (nSPS) is 29.1. The van der Waals surface area contributed by atoms with E-state index in [4.69, 9.17) is 16.3 Å². The Morgan fingerprint density at radius 3 is 2.80 bits per heavy atom. The first-order chi connectivity index (χ1) is 9.51. The van der Waals surface area contributed by atoms with Gasteiger partial charge in [-0.15, -0.1) is 0 Å². The molecule has 0 aromatic heterocycles. The highest BCUT2D eigenvalue weighted by atomic mass is 35.5. The van der Waals surface area contributed by atoms with Gasteiger partial charge in [-0.1, -0.05) is 32.4 Å². The number of ether oxygens (including phenoxy) is 1. The van der Waals surface area contributed by atoms with Crippen LogP contribution in [0, 0.1) is 11.2 Å². The van der Waals surface area contributed by atoms with Crippen LogP contribution in [0.2, 0.25) is 5.02 Å². The minimum Gasteiger partial charge on any atom is -0.490 e. The van der Waals surface area contributed by atoms with Crippen LogP contribution in [0.15, 0.2) is 18.2 Å². The highest BCUT2D eigenvalue weighted by Gasteiger charge is 2.51. The highest BCUT2D eigenvalue weighted by Crippen LogP contribution is 2.46. The fraction of sp³-hybridized carbons (Fsp3) is 0.625. The molecule has 0 heterocycles. The van der Waals surface area contributed by atoms with Crippen molar-refractivity contribution < 1.29 is 9.13 Å². The summed E-state index contributed by atoms with van der Waals surface area (Å²) in [5.74, 6) is 0.239. The van der Waals surface area contributed by atoms with Crippen molar-refractivity contribution in [2.45, 2.75) is 52.2 Å². The molecule has 1 aromatic carbocycles. The third-order valence-corrected chi connectivity index (χ3v) is 4.84. The van der Waals surface area contributed by atoms with Crippen molar-refractivity contribution in [3.63, 3.8) is 0 Å². The fourth-order valence-electron chi connectivity index (χ4n) is 2.82. The van der Waals surface area contributed by atoms with Crippen LogP contribution in [-0.2, 0) is 0 Å². The molecule has 2 nitrogen and oxygen atoms in total. The van der Waals surface area contributed by atoms with Gasteiger partial charge in [0.25, 0.3) is 0 Å². The Morgan fingerprint density at radius 2 is 2.20 bits per heavy atom. The van der Waals surface area contributed by atoms with Crippen molar-refractivity contribution in [2.75, 3.05) is 6.54 Å². The van der Waals surface area contributed by atoms with E-state index in [1.165, 1.54) is 6.07 Å². The summed E-state index contributed by atoms with van der Waals surface area (Å²) in [6, 6.07) is 5.05. The summed E-state index contributed by atoms with van der Waals surface area (Å²) < 4.78 is 19.2. The van der Waals surface area contributed by atoms with Gasteiger partial charge in [-0.25, -0.2) is 4.39 Å². The van der Waals surface area contributed by atoms with E-state index < -0.39 is 5.82 Å². The van der Waals surface area contributed by atoms with E-state index in [0.29, 0.717) is 11.8 Å². The molecule has 0 radical (unpaired) electrons. The van der Waals surface area contributed by atoms with Crippen LogP contribution in [0.1, 0.15) is 40.0 Å². The van der Waals surface area contributed by atoms with Crippen LogP contribution >= 0.6 is 11.6 Å². The van der Waals surface area contributed by atoms with Crippen molar-refractivity contribution >= 4 is 11.6 Å². The summed E-state index contributed by atoms with van der Waals surface area (Å²) in [7, 11) is 0. The zero-order chi connectivity index (χ0) is 14.8. The van der Waals surface area contributed by atoms with Crippen molar-refractivity contribution in [3.8, 4) is 5.75 Å². The maximum atomic E-state index is 13.2. The summed E-state index contributed by atoms with van der Waals surface area (Å²) in [4.78, 5) is 0. The Kier molecular flexibility index (Phi) is 4.92. The van der Waals surface area contributed by atoms with Gasteiger partial charge in [0, 0.05) is 23.9 Å². The molecule has 0 spiro atoms. The zero-order valence-corrected chi connectivity index (χ0v) is 13.1. The van der Waals surface area contributed by atoms with Crippen molar-refractivity contribution in [1.29, 1.82) is 0 Å². The van der Waals surface area contributed by atoms with Gasteiger partial charge in [-0.2, -0.15) is 0 Å².